The summed E-state index contributed by atoms with van der Waals surface area (Å²) in [5.74, 6) is 1.39. The lowest BCUT2D eigenvalue weighted by atomic mass is 9.89. The van der Waals surface area contributed by atoms with Crippen molar-refractivity contribution in [3.05, 3.63) is 51.8 Å². The van der Waals surface area contributed by atoms with Gasteiger partial charge in [-0.2, -0.15) is 0 Å². The Kier molecular flexibility index (Phi) is 7.91. The highest BCUT2D eigenvalue weighted by Gasteiger charge is 2.27. The topological polar surface area (TPSA) is 46.5 Å². The fourth-order valence-electron chi connectivity index (χ4n) is 2.99. The van der Waals surface area contributed by atoms with Gasteiger partial charge in [-0.3, -0.25) is 0 Å². The van der Waals surface area contributed by atoms with E-state index in [9.17, 15) is 9.90 Å². The van der Waals surface area contributed by atoms with Crippen molar-refractivity contribution < 1.29 is 14.6 Å². The first-order chi connectivity index (χ1) is 12.5. The van der Waals surface area contributed by atoms with E-state index in [1.165, 1.54) is 0 Å². The van der Waals surface area contributed by atoms with E-state index in [4.69, 9.17) is 4.74 Å². The molecule has 0 aliphatic rings. The van der Waals surface area contributed by atoms with Crippen molar-refractivity contribution in [2.75, 3.05) is 18.1 Å². The molecule has 3 nitrogen and oxygen atoms in total. The summed E-state index contributed by atoms with van der Waals surface area (Å²) in [5, 5.41) is 12.6. The lowest BCUT2D eigenvalue weighted by Gasteiger charge is -2.21. The molecule has 0 saturated heterocycles. The molecule has 0 aliphatic heterocycles. The first-order valence-electron chi connectivity index (χ1n) is 8.92. The first-order valence-corrected chi connectivity index (χ1v) is 10.9. The molecule has 1 atom stereocenters. The minimum atomic E-state index is -0.302. The number of phenolic OH excluding ortho intramolecular Hbond substituents is 1. The molecule has 0 aliphatic carbocycles. The number of phenols is 1. The summed E-state index contributed by atoms with van der Waals surface area (Å²) in [6, 6.07) is 11.5. The van der Waals surface area contributed by atoms with E-state index in [0.717, 1.165) is 32.1 Å². The maximum atomic E-state index is 12.8. The number of ether oxygens (including phenoxy) is 1. The zero-order valence-electron chi connectivity index (χ0n) is 15.7. The highest BCUT2D eigenvalue weighted by Crippen LogP contribution is 2.43. The minimum Gasteiger partial charge on any atom is -0.508 e. The number of carbonyl (C=O) groups is 1. The zero-order valence-corrected chi connectivity index (χ0v) is 17.4. The summed E-state index contributed by atoms with van der Waals surface area (Å²) in [5.41, 5.74) is 1.41. The molecule has 0 spiro atoms. The van der Waals surface area contributed by atoms with Crippen molar-refractivity contribution in [2.45, 2.75) is 33.6 Å². The molecule has 5 heteroatoms. The van der Waals surface area contributed by atoms with Crippen LogP contribution in [0, 0.1) is 0 Å². The molecule has 0 saturated carbocycles. The third-order valence-electron chi connectivity index (χ3n) is 4.08. The van der Waals surface area contributed by atoms with Gasteiger partial charge in [0.15, 0.2) is 0 Å². The van der Waals surface area contributed by atoms with Crippen LogP contribution in [-0.2, 0) is 9.53 Å². The monoisotopic (exact) mass is 390 g/mol. The van der Waals surface area contributed by atoms with Crippen LogP contribution in [0.2, 0.25) is 0 Å². The summed E-state index contributed by atoms with van der Waals surface area (Å²) >= 11 is 3.32. The number of aromatic hydroxyl groups is 1. The third-order valence-corrected chi connectivity index (χ3v) is 6.33. The number of hydrogen-bond acceptors (Lipinski definition) is 5. The van der Waals surface area contributed by atoms with E-state index in [0.29, 0.717) is 12.2 Å². The van der Waals surface area contributed by atoms with E-state index in [-0.39, 0.29) is 17.6 Å². The van der Waals surface area contributed by atoms with Crippen LogP contribution in [0.15, 0.2) is 46.2 Å². The Labute approximate surface area is 164 Å². The zero-order chi connectivity index (χ0) is 19.1. The van der Waals surface area contributed by atoms with Crippen molar-refractivity contribution in [1.82, 2.24) is 0 Å². The number of benzene rings is 2. The average molecular weight is 391 g/mol. The standard InChI is InChI=1S/C21H26O3S2/c1-5-24-20(23)19(21(25-6-2)26-7-3)14(4)18-16-11-9-8-10-15(16)12-13-17(18)22/h8-14,22H,5-7H2,1-4H3. The molecule has 0 bridgehead atoms. The summed E-state index contributed by atoms with van der Waals surface area (Å²) in [7, 11) is 0. The molecule has 0 aromatic heterocycles. The number of hydrogen-bond donors (Lipinski definition) is 1. The predicted octanol–water partition coefficient (Wildman–Crippen LogP) is 5.93. The van der Waals surface area contributed by atoms with Gasteiger partial charge < -0.3 is 9.84 Å². The van der Waals surface area contributed by atoms with Gasteiger partial charge in [0.05, 0.1) is 16.4 Å². The van der Waals surface area contributed by atoms with E-state index in [2.05, 4.69) is 13.8 Å². The molecule has 2 rings (SSSR count). The predicted molar refractivity (Wildman–Crippen MR) is 114 cm³/mol. The molecule has 2 aromatic rings. The number of fused-ring (bicyclic) bond motifs is 1. The summed E-state index contributed by atoms with van der Waals surface area (Å²) in [4.78, 5) is 12.8. The Morgan fingerprint density at radius 2 is 1.73 bits per heavy atom. The van der Waals surface area contributed by atoms with Gasteiger partial charge in [-0.25, -0.2) is 4.79 Å². The van der Waals surface area contributed by atoms with Crippen LogP contribution in [-0.4, -0.2) is 29.2 Å². The quantitative estimate of drug-likeness (QED) is 0.447. The van der Waals surface area contributed by atoms with Crippen molar-refractivity contribution in [3.8, 4) is 5.75 Å². The van der Waals surface area contributed by atoms with Gasteiger partial charge >= 0.3 is 5.97 Å². The Balaban J connectivity index is 2.67. The summed E-state index contributed by atoms with van der Waals surface area (Å²) in [6.45, 7) is 8.26. The molecule has 1 unspecified atom stereocenters. The van der Waals surface area contributed by atoms with Crippen LogP contribution in [0.25, 0.3) is 10.8 Å². The molecular weight excluding hydrogens is 364 g/mol. The summed E-state index contributed by atoms with van der Waals surface area (Å²) < 4.78 is 6.35. The normalized spacial score (nSPS) is 12.0. The van der Waals surface area contributed by atoms with E-state index in [1.807, 2.05) is 44.2 Å². The lowest BCUT2D eigenvalue weighted by Crippen LogP contribution is -2.15. The van der Waals surface area contributed by atoms with Gasteiger partial charge in [0.2, 0.25) is 0 Å². The van der Waals surface area contributed by atoms with Crippen LogP contribution >= 0.6 is 23.5 Å². The molecular formula is C21H26O3S2. The highest BCUT2D eigenvalue weighted by atomic mass is 32.2. The first kappa shape index (κ1) is 20.7. The molecule has 2 aromatic carbocycles. The highest BCUT2D eigenvalue weighted by molar-refractivity contribution is 8.22. The smallest absolute Gasteiger partial charge is 0.336 e. The van der Waals surface area contributed by atoms with Crippen molar-refractivity contribution >= 4 is 40.3 Å². The van der Waals surface area contributed by atoms with Gasteiger partial charge in [-0.1, -0.05) is 51.1 Å². The maximum Gasteiger partial charge on any atom is 0.336 e. The van der Waals surface area contributed by atoms with E-state index in [1.54, 1.807) is 29.6 Å². The molecule has 140 valence electrons. The van der Waals surface area contributed by atoms with Gasteiger partial charge in [0.1, 0.15) is 5.75 Å². The van der Waals surface area contributed by atoms with Crippen LogP contribution in [0.4, 0.5) is 0 Å². The fourth-order valence-corrected chi connectivity index (χ4v) is 5.38. The van der Waals surface area contributed by atoms with Crippen molar-refractivity contribution in [1.29, 1.82) is 0 Å². The second-order valence-corrected chi connectivity index (χ2v) is 8.54. The molecule has 0 radical (unpaired) electrons. The number of rotatable bonds is 8. The van der Waals surface area contributed by atoms with Crippen LogP contribution in [0.5, 0.6) is 5.75 Å². The largest absolute Gasteiger partial charge is 0.508 e. The van der Waals surface area contributed by atoms with Crippen LogP contribution < -0.4 is 0 Å². The lowest BCUT2D eigenvalue weighted by molar-refractivity contribution is -0.138. The third kappa shape index (κ3) is 4.57. The Morgan fingerprint density at radius 1 is 1.08 bits per heavy atom. The van der Waals surface area contributed by atoms with E-state index >= 15 is 0 Å². The van der Waals surface area contributed by atoms with Crippen LogP contribution in [0.1, 0.15) is 39.2 Å². The Bertz CT molecular complexity index is 791. The van der Waals surface area contributed by atoms with Gasteiger partial charge in [-0.05, 0) is 35.3 Å². The second-order valence-electron chi connectivity index (χ2n) is 5.73. The molecule has 0 amide bonds. The minimum absolute atomic E-state index is 0.209. The van der Waals surface area contributed by atoms with Gasteiger partial charge in [0, 0.05) is 11.5 Å². The molecule has 0 fully saturated rings. The Hall–Kier alpha value is -1.59. The Morgan fingerprint density at radius 3 is 2.35 bits per heavy atom. The number of thioether (sulfide) groups is 2. The second kappa shape index (κ2) is 9.93. The molecule has 1 N–H and O–H groups in total. The number of esters is 1. The molecule has 26 heavy (non-hydrogen) atoms. The van der Waals surface area contributed by atoms with Gasteiger partial charge in [-0.15, -0.1) is 23.5 Å². The van der Waals surface area contributed by atoms with Crippen molar-refractivity contribution in [3.63, 3.8) is 0 Å². The molecule has 0 heterocycles. The number of carbonyl (C=O) groups excluding carboxylic acids is 1. The SMILES string of the molecule is CCOC(=O)C(=C(SCC)SCC)C(C)c1c(O)ccc2ccccc12. The average Bonchev–Trinajstić information content (AvgIpc) is 2.62. The fraction of sp³-hybridized carbons (Fsp3) is 0.381. The van der Waals surface area contributed by atoms with E-state index < -0.39 is 0 Å². The maximum absolute atomic E-state index is 12.8. The van der Waals surface area contributed by atoms with Crippen LogP contribution in [0.3, 0.4) is 0 Å². The summed E-state index contributed by atoms with van der Waals surface area (Å²) in [6.07, 6.45) is 0. The van der Waals surface area contributed by atoms with Gasteiger partial charge in [0.25, 0.3) is 0 Å². The van der Waals surface area contributed by atoms with Crippen molar-refractivity contribution in [2.24, 2.45) is 0 Å².